The van der Waals surface area contributed by atoms with Crippen molar-refractivity contribution in [2.75, 3.05) is 17.3 Å². The summed E-state index contributed by atoms with van der Waals surface area (Å²) in [6.07, 6.45) is 0.407. The molecule has 3 rings (SSSR count). The Hall–Kier alpha value is -2.58. The zero-order chi connectivity index (χ0) is 18.5. The molecule has 0 atom stereocenters. The van der Waals surface area contributed by atoms with Crippen molar-refractivity contribution in [2.24, 2.45) is 0 Å². The molecule has 0 aliphatic rings. The molecule has 1 N–H and O–H groups in total. The third-order valence-electron chi connectivity index (χ3n) is 3.63. The van der Waals surface area contributed by atoms with E-state index >= 15 is 0 Å². The van der Waals surface area contributed by atoms with Crippen LogP contribution in [0.15, 0.2) is 47.2 Å². The average molecular weight is 389 g/mol. The zero-order valence-corrected chi connectivity index (χ0v) is 15.6. The first-order chi connectivity index (χ1) is 12.5. The molecule has 0 radical (unpaired) electrons. The van der Waals surface area contributed by atoms with Crippen molar-refractivity contribution in [1.29, 1.82) is 0 Å². The van der Waals surface area contributed by atoms with Crippen LogP contribution in [-0.2, 0) is 22.4 Å². The smallest absolute Gasteiger partial charge is 0.232 e. The zero-order valence-electron chi connectivity index (χ0n) is 13.9. The van der Waals surface area contributed by atoms with E-state index in [1.165, 1.54) is 39.7 Å². The quantitative estimate of drug-likeness (QED) is 0.699. The monoisotopic (exact) mass is 389 g/mol. The van der Waals surface area contributed by atoms with Crippen LogP contribution < -0.4 is 10.2 Å². The first-order valence-electron chi connectivity index (χ1n) is 7.80. The maximum absolute atomic E-state index is 13.0. The Morgan fingerprint density at radius 2 is 1.92 bits per heavy atom. The molecule has 134 valence electrons. The predicted octanol–water partition coefficient (Wildman–Crippen LogP) is 3.73. The van der Waals surface area contributed by atoms with Gasteiger partial charge in [-0.1, -0.05) is 6.07 Å². The normalized spacial score (nSPS) is 10.5. The van der Waals surface area contributed by atoms with Gasteiger partial charge in [0.05, 0.1) is 18.5 Å². The van der Waals surface area contributed by atoms with Gasteiger partial charge in [0.1, 0.15) is 5.82 Å². The van der Waals surface area contributed by atoms with Crippen LogP contribution >= 0.6 is 22.7 Å². The maximum atomic E-state index is 13.0. The summed E-state index contributed by atoms with van der Waals surface area (Å²) in [7, 11) is 1.63. The minimum Gasteiger partial charge on any atom is -0.315 e. The van der Waals surface area contributed by atoms with Gasteiger partial charge in [-0.25, -0.2) is 9.37 Å². The van der Waals surface area contributed by atoms with E-state index in [9.17, 15) is 14.0 Å². The molecule has 0 aliphatic heterocycles. The van der Waals surface area contributed by atoms with E-state index in [-0.39, 0.29) is 24.1 Å². The lowest BCUT2D eigenvalue weighted by molar-refractivity contribution is -0.117. The van der Waals surface area contributed by atoms with Gasteiger partial charge in [0.25, 0.3) is 0 Å². The second-order valence-electron chi connectivity index (χ2n) is 5.55. The Morgan fingerprint density at radius 3 is 2.62 bits per heavy atom. The number of aromatic nitrogens is 1. The number of anilines is 2. The summed E-state index contributed by atoms with van der Waals surface area (Å²) in [4.78, 5) is 31.1. The fraction of sp³-hybridized carbons (Fsp3) is 0.167. The highest BCUT2D eigenvalue weighted by atomic mass is 32.1. The summed E-state index contributed by atoms with van der Waals surface area (Å²) in [6, 6.07) is 9.51. The SMILES string of the molecule is CN(C(=O)Cc1csc(NC(=O)Cc2cccs2)n1)c1ccc(F)cc1. The highest BCUT2D eigenvalue weighted by molar-refractivity contribution is 7.14. The lowest BCUT2D eigenvalue weighted by atomic mass is 10.2. The third-order valence-corrected chi connectivity index (χ3v) is 5.32. The van der Waals surface area contributed by atoms with Crippen LogP contribution in [0.25, 0.3) is 0 Å². The molecule has 0 saturated heterocycles. The number of hydrogen-bond acceptors (Lipinski definition) is 5. The molecule has 0 fully saturated rings. The molecule has 26 heavy (non-hydrogen) atoms. The van der Waals surface area contributed by atoms with Gasteiger partial charge in [0.15, 0.2) is 5.13 Å². The summed E-state index contributed by atoms with van der Waals surface area (Å²) in [5, 5.41) is 6.89. The van der Waals surface area contributed by atoms with Crippen molar-refractivity contribution < 1.29 is 14.0 Å². The molecule has 0 bridgehead atoms. The van der Waals surface area contributed by atoms with Crippen molar-refractivity contribution in [2.45, 2.75) is 12.8 Å². The van der Waals surface area contributed by atoms with E-state index in [2.05, 4.69) is 10.3 Å². The van der Waals surface area contributed by atoms with Gasteiger partial charge in [-0.3, -0.25) is 9.59 Å². The summed E-state index contributed by atoms with van der Waals surface area (Å²) in [5.74, 6) is -0.654. The summed E-state index contributed by atoms with van der Waals surface area (Å²) < 4.78 is 13.0. The van der Waals surface area contributed by atoms with Gasteiger partial charge in [0, 0.05) is 23.0 Å². The van der Waals surface area contributed by atoms with Crippen molar-refractivity contribution in [3.8, 4) is 0 Å². The lowest BCUT2D eigenvalue weighted by Gasteiger charge is -2.16. The highest BCUT2D eigenvalue weighted by Gasteiger charge is 2.15. The maximum Gasteiger partial charge on any atom is 0.232 e. The molecule has 2 aromatic heterocycles. The number of likely N-dealkylation sites (N-methyl/N-ethyl adjacent to an activating group) is 1. The van der Waals surface area contributed by atoms with Gasteiger partial charge in [-0.05, 0) is 35.7 Å². The number of benzene rings is 1. The molecule has 0 spiro atoms. The molecule has 0 aliphatic carbocycles. The Bertz CT molecular complexity index is 892. The molecule has 0 unspecified atom stereocenters. The number of halogens is 1. The lowest BCUT2D eigenvalue weighted by Crippen LogP contribution is -2.27. The molecular formula is C18H16FN3O2S2. The van der Waals surface area contributed by atoms with E-state index in [1.54, 1.807) is 24.6 Å². The fourth-order valence-electron chi connectivity index (χ4n) is 2.26. The first-order valence-corrected chi connectivity index (χ1v) is 9.56. The second-order valence-corrected chi connectivity index (χ2v) is 7.44. The van der Waals surface area contributed by atoms with Crippen molar-refractivity contribution >= 4 is 45.3 Å². The van der Waals surface area contributed by atoms with Crippen LogP contribution in [0.1, 0.15) is 10.6 Å². The van der Waals surface area contributed by atoms with E-state index in [4.69, 9.17) is 0 Å². The Kier molecular flexibility index (Phi) is 5.75. The molecule has 0 saturated carbocycles. The van der Waals surface area contributed by atoms with Crippen LogP contribution in [0, 0.1) is 5.82 Å². The molecule has 1 aromatic carbocycles. The fourth-order valence-corrected chi connectivity index (χ4v) is 3.69. The molecule has 3 aromatic rings. The van der Waals surface area contributed by atoms with Gasteiger partial charge < -0.3 is 10.2 Å². The Balaban J connectivity index is 1.56. The van der Waals surface area contributed by atoms with Crippen molar-refractivity contribution in [3.05, 3.63) is 63.5 Å². The average Bonchev–Trinajstić information content (AvgIpc) is 3.27. The molecular weight excluding hydrogens is 373 g/mol. The number of nitrogens with one attached hydrogen (secondary N) is 1. The number of nitrogens with zero attached hydrogens (tertiary/aromatic N) is 2. The number of carbonyl (C=O) groups is 2. The summed E-state index contributed by atoms with van der Waals surface area (Å²) in [6.45, 7) is 0. The minimum absolute atomic E-state index is 0.102. The highest BCUT2D eigenvalue weighted by Crippen LogP contribution is 2.19. The van der Waals surface area contributed by atoms with Gasteiger partial charge in [-0.15, -0.1) is 22.7 Å². The number of thiazole rings is 1. The number of rotatable bonds is 6. The molecule has 5 nitrogen and oxygen atoms in total. The van der Waals surface area contributed by atoms with Crippen LogP contribution in [-0.4, -0.2) is 23.8 Å². The summed E-state index contributed by atoms with van der Waals surface area (Å²) in [5.41, 5.74) is 1.19. The van der Waals surface area contributed by atoms with Gasteiger partial charge >= 0.3 is 0 Å². The predicted molar refractivity (Wildman–Crippen MR) is 102 cm³/mol. The van der Waals surface area contributed by atoms with E-state index in [1.807, 2.05) is 17.5 Å². The number of thiophene rings is 1. The number of hydrogen-bond donors (Lipinski definition) is 1. The molecule has 8 heteroatoms. The van der Waals surface area contributed by atoms with Crippen LogP contribution in [0.4, 0.5) is 15.2 Å². The third kappa shape index (κ3) is 4.74. The summed E-state index contributed by atoms with van der Waals surface area (Å²) >= 11 is 2.81. The molecule has 2 amide bonds. The standard InChI is InChI=1S/C18H16FN3O2S2/c1-22(14-6-4-12(19)5-7-14)17(24)9-13-11-26-18(20-13)21-16(23)10-15-3-2-8-25-15/h2-8,11H,9-10H2,1H3,(H,20,21,23). The minimum atomic E-state index is -0.350. The topological polar surface area (TPSA) is 62.3 Å². The Morgan fingerprint density at radius 1 is 1.15 bits per heavy atom. The number of amides is 2. The number of carbonyl (C=O) groups excluding carboxylic acids is 2. The van der Waals surface area contributed by atoms with Crippen molar-refractivity contribution in [3.63, 3.8) is 0 Å². The van der Waals surface area contributed by atoms with Crippen LogP contribution in [0.5, 0.6) is 0 Å². The van der Waals surface area contributed by atoms with Gasteiger partial charge in [-0.2, -0.15) is 0 Å². The van der Waals surface area contributed by atoms with E-state index < -0.39 is 0 Å². The van der Waals surface area contributed by atoms with Crippen LogP contribution in [0.3, 0.4) is 0 Å². The van der Waals surface area contributed by atoms with Crippen molar-refractivity contribution in [1.82, 2.24) is 4.98 Å². The van der Waals surface area contributed by atoms with Crippen LogP contribution in [0.2, 0.25) is 0 Å². The molecule has 2 heterocycles. The Labute approximate surface area is 158 Å². The van der Waals surface area contributed by atoms with E-state index in [0.29, 0.717) is 22.9 Å². The second kappa shape index (κ2) is 8.20. The van der Waals surface area contributed by atoms with E-state index in [0.717, 1.165) is 4.88 Å². The largest absolute Gasteiger partial charge is 0.315 e. The first kappa shape index (κ1) is 18.2. The van der Waals surface area contributed by atoms with Gasteiger partial charge in [0.2, 0.25) is 11.8 Å².